The standard InChI is InChI=1S/C17H17NO3/c1-21-13-6-7-15(19)12(8-13)10-18-17-14-5-3-2-4-11(14)9-16(17)20/h2-8,10,16-17,19-20H,9H2,1H3. The zero-order chi connectivity index (χ0) is 14.8. The Labute approximate surface area is 123 Å². The Morgan fingerprint density at radius 2 is 2.05 bits per heavy atom. The van der Waals surface area contributed by atoms with Crippen LogP contribution in [-0.2, 0) is 6.42 Å². The molecule has 0 saturated carbocycles. The van der Waals surface area contributed by atoms with E-state index in [1.165, 1.54) is 0 Å². The summed E-state index contributed by atoms with van der Waals surface area (Å²) in [6.07, 6.45) is 1.68. The number of aliphatic imine (C=N–C) groups is 1. The molecule has 4 nitrogen and oxygen atoms in total. The van der Waals surface area contributed by atoms with Gasteiger partial charge in [-0.1, -0.05) is 24.3 Å². The number of phenolic OH excluding ortho intramolecular Hbond substituents is 1. The number of phenols is 1. The summed E-state index contributed by atoms with van der Waals surface area (Å²) in [5, 5.41) is 20.0. The Kier molecular flexibility index (Phi) is 3.62. The maximum absolute atomic E-state index is 10.2. The molecule has 2 unspecified atom stereocenters. The third kappa shape index (κ3) is 2.62. The summed E-state index contributed by atoms with van der Waals surface area (Å²) in [4.78, 5) is 4.46. The van der Waals surface area contributed by atoms with Gasteiger partial charge in [0.15, 0.2) is 0 Å². The minimum atomic E-state index is -0.522. The summed E-state index contributed by atoms with van der Waals surface area (Å²) in [6, 6.07) is 12.6. The first-order valence-corrected chi connectivity index (χ1v) is 6.85. The zero-order valence-electron chi connectivity index (χ0n) is 11.7. The van der Waals surface area contributed by atoms with Crippen LogP contribution in [0.3, 0.4) is 0 Å². The van der Waals surface area contributed by atoms with E-state index >= 15 is 0 Å². The monoisotopic (exact) mass is 283 g/mol. The SMILES string of the molecule is COc1ccc(O)c(C=NC2c3ccccc3CC2O)c1. The molecule has 21 heavy (non-hydrogen) atoms. The van der Waals surface area contributed by atoms with E-state index in [9.17, 15) is 10.2 Å². The van der Waals surface area contributed by atoms with E-state index in [0.717, 1.165) is 11.1 Å². The van der Waals surface area contributed by atoms with E-state index in [4.69, 9.17) is 4.74 Å². The highest BCUT2D eigenvalue weighted by Crippen LogP contribution is 2.34. The van der Waals surface area contributed by atoms with Crippen molar-refractivity contribution in [2.75, 3.05) is 7.11 Å². The van der Waals surface area contributed by atoms with Gasteiger partial charge in [-0.15, -0.1) is 0 Å². The van der Waals surface area contributed by atoms with Crippen LogP contribution in [0.2, 0.25) is 0 Å². The molecule has 0 amide bonds. The van der Waals surface area contributed by atoms with E-state index in [1.54, 1.807) is 31.5 Å². The lowest BCUT2D eigenvalue weighted by atomic mass is 10.1. The molecule has 1 aliphatic rings. The Hall–Kier alpha value is -2.33. The quantitative estimate of drug-likeness (QED) is 0.851. The van der Waals surface area contributed by atoms with Crippen molar-refractivity contribution in [3.63, 3.8) is 0 Å². The van der Waals surface area contributed by atoms with Gasteiger partial charge in [-0.2, -0.15) is 0 Å². The molecule has 0 spiro atoms. The van der Waals surface area contributed by atoms with E-state index in [0.29, 0.717) is 17.7 Å². The molecule has 2 N–H and O–H groups in total. The van der Waals surface area contributed by atoms with Crippen LogP contribution in [-0.4, -0.2) is 29.6 Å². The molecule has 108 valence electrons. The minimum absolute atomic E-state index is 0.139. The summed E-state index contributed by atoms with van der Waals surface area (Å²) in [6.45, 7) is 0. The number of benzene rings is 2. The first-order chi connectivity index (χ1) is 10.2. The lowest BCUT2D eigenvalue weighted by Gasteiger charge is -2.11. The second kappa shape index (κ2) is 5.58. The molecule has 0 aromatic heterocycles. The highest BCUT2D eigenvalue weighted by Gasteiger charge is 2.29. The predicted octanol–water partition coefficient (Wildman–Crippen LogP) is 2.48. The average molecular weight is 283 g/mol. The number of methoxy groups -OCH3 is 1. The summed E-state index contributed by atoms with van der Waals surface area (Å²) in [7, 11) is 1.57. The van der Waals surface area contributed by atoms with Crippen molar-refractivity contribution in [3.05, 3.63) is 59.2 Å². The summed E-state index contributed by atoms with van der Waals surface area (Å²) in [5.74, 6) is 0.793. The van der Waals surface area contributed by atoms with Gasteiger partial charge in [-0.25, -0.2) is 0 Å². The van der Waals surface area contributed by atoms with E-state index in [2.05, 4.69) is 4.99 Å². The predicted molar refractivity (Wildman–Crippen MR) is 81.1 cm³/mol. The van der Waals surface area contributed by atoms with Crippen molar-refractivity contribution < 1.29 is 14.9 Å². The molecular formula is C17H17NO3. The smallest absolute Gasteiger partial charge is 0.124 e. The molecule has 2 aromatic rings. The molecule has 2 aromatic carbocycles. The van der Waals surface area contributed by atoms with Gasteiger partial charge in [0, 0.05) is 18.2 Å². The molecule has 0 saturated heterocycles. The van der Waals surface area contributed by atoms with Gasteiger partial charge in [0.25, 0.3) is 0 Å². The fourth-order valence-electron chi connectivity index (χ4n) is 2.66. The van der Waals surface area contributed by atoms with Crippen molar-refractivity contribution in [3.8, 4) is 11.5 Å². The van der Waals surface area contributed by atoms with Crippen LogP contribution in [0.25, 0.3) is 0 Å². The summed E-state index contributed by atoms with van der Waals surface area (Å²) >= 11 is 0. The molecular weight excluding hydrogens is 266 g/mol. The molecule has 0 heterocycles. The van der Waals surface area contributed by atoms with Crippen LogP contribution in [0.5, 0.6) is 11.5 Å². The number of ether oxygens (including phenoxy) is 1. The average Bonchev–Trinajstić information content (AvgIpc) is 2.82. The van der Waals surface area contributed by atoms with E-state index < -0.39 is 6.10 Å². The topological polar surface area (TPSA) is 62.0 Å². The third-order valence-corrected chi connectivity index (χ3v) is 3.78. The fraction of sp³-hybridized carbons (Fsp3) is 0.235. The number of aromatic hydroxyl groups is 1. The number of nitrogens with zero attached hydrogens (tertiary/aromatic N) is 1. The second-order valence-corrected chi connectivity index (χ2v) is 5.12. The van der Waals surface area contributed by atoms with Crippen LogP contribution >= 0.6 is 0 Å². The Balaban J connectivity index is 1.90. The maximum Gasteiger partial charge on any atom is 0.124 e. The van der Waals surface area contributed by atoms with Gasteiger partial charge in [0.1, 0.15) is 17.5 Å². The van der Waals surface area contributed by atoms with Crippen LogP contribution in [0.4, 0.5) is 0 Å². The van der Waals surface area contributed by atoms with Crippen molar-refractivity contribution in [2.45, 2.75) is 18.6 Å². The van der Waals surface area contributed by atoms with Crippen LogP contribution in [0.1, 0.15) is 22.7 Å². The minimum Gasteiger partial charge on any atom is -0.507 e. The maximum atomic E-state index is 10.2. The highest BCUT2D eigenvalue weighted by molar-refractivity contribution is 5.84. The summed E-state index contributed by atoms with van der Waals surface area (Å²) < 4.78 is 5.14. The first kappa shape index (κ1) is 13.6. The number of hydrogen-bond donors (Lipinski definition) is 2. The van der Waals surface area contributed by atoms with Crippen LogP contribution in [0, 0.1) is 0 Å². The Morgan fingerprint density at radius 3 is 2.86 bits per heavy atom. The van der Waals surface area contributed by atoms with Crippen LogP contribution in [0.15, 0.2) is 47.5 Å². The third-order valence-electron chi connectivity index (χ3n) is 3.78. The number of hydrogen-bond acceptors (Lipinski definition) is 4. The molecule has 0 fully saturated rings. The van der Waals surface area contributed by atoms with E-state index in [1.807, 2.05) is 24.3 Å². The van der Waals surface area contributed by atoms with Gasteiger partial charge in [-0.05, 0) is 29.3 Å². The molecule has 4 heteroatoms. The van der Waals surface area contributed by atoms with Crippen molar-refractivity contribution >= 4 is 6.21 Å². The molecule has 0 bridgehead atoms. The van der Waals surface area contributed by atoms with Gasteiger partial charge < -0.3 is 14.9 Å². The van der Waals surface area contributed by atoms with Gasteiger partial charge in [0.2, 0.25) is 0 Å². The second-order valence-electron chi connectivity index (χ2n) is 5.12. The molecule has 1 aliphatic carbocycles. The molecule has 0 aliphatic heterocycles. The Morgan fingerprint density at radius 1 is 1.24 bits per heavy atom. The fourth-order valence-corrected chi connectivity index (χ4v) is 2.66. The van der Waals surface area contributed by atoms with Crippen molar-refractivity contribution in [1.82, 2.24) is 0 Å². The number of aliphatic hydroxyl groups excluding tert-OH is 1. The molecule has 3 rings (SSSR count). The number of fused-ring (bicyclic) bond motifs is 1. The largest absolute Gasteiger partial charge is 0.507 e. The molecule has 2 atom stereocenters. The number of rotatable bonds is 3. The van der Waals surface area contributed by atoms with E-state index in [-0.39, 0.29) is 11.8 Å². The lowest BCUT2D eigenvalue weighted by molar-refractivity contribution is 0.159. The lowest BCUT2D eigenvalue weighted by Crippen LogP contribution is -2.11. The zero-order valence-corrected chi connectivity index (χ0v) is 11.7. The normalized spacial score (nSPS) is 20.7. The van der Waals surface area contributed by atoms with Gasteiger partial charge >= 0.3 is 0 Å². The highest BCUT2D eigenvalue weighted by atomic mass is 16.5. The van der Waals surface area contributed by atoms with Crippen molar-refractivity contribution in [2.24, 2.45) is 4.99 Å². The van der Waals surface area contributed by atoms with Gasteiger partial charge in [-0.3, -0.25) is 4.99 Å². The first-order valence-electron chi connectivity index (χ1n) is 6.85. The van der Waals surface area contributed by atoms with Crippen LogP contribution < -0.4 is 4.74 Å². The Bertz CT molecular complexity index is 681. The summed E-state index contributed by atoms with van der Waals surface area (Å²) in [5.41, 5.74) is 2.75. The van der Waals surface area contributed by atoms with Gasteiger partial charge in [0.05, 0.1) is 13.2 Å². The number of aliphatic hydroxyl groups is 1. The van der Waals surface area contributed by atoms with Crippen molar-refractivity contribution in [1.29, 1.82) is 0 Å². The molecule has 0 radical (unpaired) electrons.